The molecule has 1 aromatic rings. The van der Waals surface area contributed by atoms with E-state index < -0.39 is 0 Å². The van der Waals surface area contributed by atoms with Crippen LogP contribution in [0.15, 0.2) is 12.4 Å². The Bertz CT molecular complexity index is 316. The van der Waals surface area contributed by atoms with Crippen molar-refractivity contribution in [2.24, 2.45) is 0 Å². The summed E-state index contributed by atoms with van der Waals surface area (Å²) in [6.45, 7) is 3.13. The Hall–Kier alpha value is -1.32. The third-order valence-electron chi connectivity index (χ3n) is 3.27. The van der Waals surface area contributed by atoms with Gasteiger partial charge in [0.25, 0.3) is 0 Å². The maximum absolute atomic E-state index is 5.60. The molecule has 0 atom stereocenters. The van der Waals surface area contributed by atoms with Crippen molar-refractivity contribution in [3.63, 3.8) is 0 Å². The average molecular weight is 220 g/mol. The van der Waals surface area contributed by atoms with Crippen molar-refractivity contribution in [1.82, 2.24) is 9.97 Å². The van der Waals surface area contributed by atoms with Gasteiger partial charge in [0.2, 0.25) is 5.95 Å². The smallest absolute Gasteiger partial charge is 0.225 e. The van der Waals surface area contributed by atoms with Crippen LogP contribution in [0.3, 0.4) is 0 Å². The third kappa shape index (κ3) is 2.43. The molecule has 0 bridgehead atoms. The number of nitrogens with two attached hydrogens (primary N) is 1. The van der Waals surface area contributed by atoms with Gasteiger partial charge in [0.05, 0.1) is 18.1 Å². The van der Waals surface area contributed by atoms with Gasteiger partial charge in [-0.2, -0.15) is 0 Å². The Morgan fingerprint density at radius 3 is 2.44 bits per heavy atom. The third-order valence-corrected chi connectivity index (χ3v) is 3.27. The first kappa shape index (κ1) is 11.2. The Labute approximate surface area is 96.9 Å². The van der Waals surface area contributed by atoms with Gasteiger partial charge in [-0.25, -0.2) is 9.97 Å². The lowest BCUT2D eigenvalue weighted by Gasteiger charge is -2.33. The van der Waals surface area contributed by atoms with Crippen LogP contribution in [-0.4, -0.2) is 22.6 Å². The molecule has 1 aliphatic rings. The summed E-state index contributed by atoms with van der Waals surface area (Å²) in [5.41, 5.74) is 6.23. The molecule has 4 nitrogen and oxygen atoms in total. The minimum Gasteiger partial charge on any atom is -0.396 e. The Balaban J connectivity index is 2.11. The molecule has 88 valence electrons. The summed E-state index contributed by atoms with van der Waals surface area (Å²) in [5.74, 6) is 0.823. The van der Waals surface area contributed by atoms with Crippen molar-refractivity contribution < 1.29 is 0 Å². The van der Waals surface area contributed by atoms with Crippen molar-refractivity contribution in [3.8, 4) is 0 Å². The molecular formula is C12H20N4. The highest BCUT2D eigenvalue weighted by Gasteiger charge is 2.21. The second-order valence-electron chi connectivity index (χ2n) is 4.39. The summed E-state index contributed by atoms with van der Waals surface area (Å²) in [5, 5.41) is 0. The molecule has 1 aromatic heterocycles. The molecule has 0 unspecified atom stereocenters. The van der Waals surface area contributed by atoms with Crippen molar-refractivity contribution in [3.05, 3.63) is 12.4 Å². The van der Waals surface area contributed by atoms with Crippen LogP contribution in [0.2, 0.25) is 0 Å². The molecule has 0 amide bonds. The van der Waals surface area contributed by atoms with E-state index in [-0.39, 0.29) is 0 Å². The lowest BCUT2D eigenvalue weighted by atomic mass is 9.94. The summed E-state index contributed by atoms with van der Waals surface area (Å²) in [4.78, 5) is 10.9. The van der Waals surface area contributed by atoms with Crippen LogP contribution in [-0.2, 0) is 0 Å². The quantitative estimate of drug-likeness (QED) is 0.848. The molecule has 0 radical (unpaired) electrons. The van der Waals surface area contributed by atoms with Crippen LogP contribution in [0.5, 0.6) is 0 Å². The van der Waals surface area contributed by atoms with Crippen LogP contribution >= 0.6 is 0 Å². The molecular weight excluding hydrogens is 200 g/mol. The first-order valence-electron chi connectivity index (χ1n) is 6.15. The molecule has 1 aliphatic carbocycles. The Morgan fingerprint density at radius 1 is 1.25 bits per heavy atom. The first-order chi connectivity index (χ1) is 7.81. The van der Waals surface area contributed by atoms with Gasteiger partial charge in [-0.1, -0.05) is 19.3 Å². The largest absolute Gasteiger partial charge is 0.396 e. The molecule has 2 N–H and O–H groups in total. The molecule has 1 saturated carbocycles. The van der Waals surface area contributed by atoms with E-state index in [0.717, 1.165) is 12.5 Å². The fourth-order valence-corrected chi connectivity index (χ4v) is 2.44. The number of anilines is 2. The summed E-state index contributed by atoms with van der Waals surface area (Å²) < 4.78 is 0. The predicted molar refractivity (Wildman–Crippen MR) is 66.3 cm³/mol. The van der Waals surface area contributed by atoms with E-state index >= 15 is 0 Å². The van der Waals surface area contributed by atoms with Crippen molar-refractivity contribution in [2.75, 3.05) is 17.2 Å². The average Bonchev–Trinajstić information content (AvgIpc) is 2.34. The highest BCUT2D eigenvalue weighted by Crippen LogP contribution is 2.24. The zero-order valence-corrected chi connectivity index (χ0v) is 9.89. The lowest BCUT2D eigenvalue weighted by Crippen LogP contribution is -2.37. The highest BCUT2D eigenvalue weighted by molar-refractivity contribution is 5.38. The zero-order valence-electron chi connectivity index (χ0n) is 9.89. The molecule has 16 heavy (non-hydrogen) atoms. The van der Waals surface area contributed by atoms with Gasteiger partial charge in [-0.15, -0.1) is 0 Å². The van der Waals surface area contributed by atoms with Crippen LogP contribution in [0.1, 0.15) is 39.0 Å². The summed E-state index contributed by atoms with van der Waals surface area (Å²) >= 11 is 0. The molecule has 4 heteroatoms. The summed E-state index contributed by atoms with van der Waals surface area (Å²) in [7, 11) is 0. The zero-order chi connectivity index (χ0) is 11.4. The van der Waals surface area contributed by atoms with Crippen LogP contribution < -0.4 is 10.6 Å². The van der Waals surface area contributed by atoms with Gasteiger partial charge < -0.3 is 10.6 Å². The van der Waals surface area contributed by atoms with Gasteiger partial charge in [-0.3, -0.25) is 0 Å². The standard InChI is InChI=1S/C12H20N4/c1-2-16(11-6-4-3-5-7-11)12-14-8-10(13)9-15-12/h8-9,11H,2-7,13H2,1H3. The molecule has 1 fully saturated rings. The van der Waals surface area contributed by atoms with E-state index in [4.69, 9.17) is 5.73 Å². The van der Waals surface area contributed by atoms with Crippen LogP contribution in [0.4, 0.5) is 11.6 Å². The van der Waals surface area contributed by atoms with Crippen molar-refractivity contribution >= 4 is 11.6 Å². The summed E-state index contributed by atoms with van der Waals surface area (Å²) in [6, 6.07) is 0.613. The lowest BCUT2D eigenvalue weighted by molar-refractivity contribution is 0.414. The van der Waals surface area contributed by atoms with Crippen LogP contribution in [0.25, 0.3) is 0 Å². The van der Waals surface area contributed by atoms with E-state index in [2.05, 4.69) is 21.8 Å². The first-order valence-corrected chi connectivity index (χ1v) is 6.15. The predicted octanol–water partition coefficient (Wildman–Crippen LogP) is 2.22. The topological polar surface area (TPSA) is 55.0 Å². The van der Waals surface area contributed by atoms with Gasteiger partial charge in [0, 0.05) is 12.6 Å². The van der Waals surface area contributed by atoms with Gasteiger partial charge >= 0.3 is 0 Å². The maximum atomic E-state index is 5.60. The number of nitrogens with zero attached hydrogens (tertiary/aromatic N) is 3. The monoisotopic (exact) mass is 220 g/mol. The Kier molecular flexibility index (Phi) is 3.59. The number of aromatic nitrogens is 2. The second kappa shape index (κ2) is 5.14. The molecule has 0 saturated heterocycles. The van der Waals surface area contributed by atoms with Gasteiger partial charge in [0.1, 0.15) is 0 Å². The fraction of sp³-hybridized carbons (Fsp3) is 0.667. The Morgan fingerprint density at radius 2 is 1.88 bits per heavy atom. The van der Waals surface area contributed by atoms with E-state index in [1.54, 1.807) is 12.4 Å². The van der Waals surface area contributed by atoms with E-state index in [1.165, 1.54) is 32.1 Å². The number of nitrogen functional groups attached to an aromatic ring is 1. The van der Waals surface area contributed by atoms with Crippen LogP contribution in [0, 0.1) is 0 Å². The number of hydrogen-bond donors (Lipinski definition) is 1. The molecule has 0 aromatic carbocycles. The minimum atomic E-state index is 0.613. The minimum absolute atomic E-state index is 0.613. The van der Waals surface area contributed by atoms with E-state index in [1.807, 2.05) is 0 Å². The summed E-state index contributed by atoms with van der Waals surface area (Å²) in [6.07, 6.45) is 9.94. The molecule has 0 aliphatic heterocycles. The van der Waals surface area contributed by atoms with Crippen molar-refractivity contribution in [1.29, 1.82) is 0 Å². The number of rotatable bonds is 3. The SMILES string of the molecule is CCN(c1ncc(N)cn1)C1CCCCC1. The van der Waals surface area contributed by atoms with Crippen molar-refractivity contribution in [2.45, 2.75) is 45.1 Å². The molecule has 2 rings (SSSR count). The number of hydrogen-bond acceptors (Lipinski definition) is 4. The second-order valence-corrected chi connectivity index (χ2v) is 4.39. The normalized spacial score (nSPS) is 17.3. The van der Waals surface area contributed by atoms with Gasteiger partial charge in [0.15, 0.2) is 0 Å². The highest BCUT2D eigenvalue weighted by atomic mass is 15.3. The van der Waals surface area contributed by atoms with E-state index in [0.29, 0.717) is 11.7 Å². The molecule has 1 heterocycles. The fourth-order valence-electron chi connectivity index (χ4n) is 2.44. The van der Waals surface area contributed by atoms with E-state index in [9.17, 15) is 0 Å². The molecule has 0 spiro atoms. The maximum Gasteiger partial charge on any atom is 0.225 e. The van der Waals surface area contributed by atoms with Gasteiger partial charge in [-0.05, 0) is 19.8 Å².